The Hall–Kier alpha value is -1.10. The number of piperazine rings is 1. The van der Waals surface area contributed by atoms with Crippen molar-refractivity contribution in [3.63, 3.8) is 0 Å². The minimum atomic E-state index is -0.782. The van der Waals surface area contributed by atoms with Crippen molar-refractivity contribution in [2.45, 2.75) is 45.2 Å². The molecule has 1 N–H and O–H groups in total. The van der Waals surface area contributed by atoms with Crippen molar-refractivity contribution in [3.8, 4) is 0 Å². The van der Waals surface area contributed by atoms with Crippen LogP contribution in [0.15, 0.2) is 0 Å². The van der Waals surface area contributed by atoms with Crippen LogP contribution in [0.1, 0.15) is 33.6 Å². The molecule has 1 aliphatic rings. The lowest BCUT2D eigenvalue weighted by Crippen LogP contribution is -2.64. The zero-order valence-corrected chi connectivity index (χ0v) is 11.1. The summed E-state index contributed by atoms with van der Waals surface area (Å²) in [6.45, 7) is 7.31. The Labute approximate surface area is 102 Å². The Morgan fingerprint density at radius 1 is 1.47 bits per heavy atom. The van der Waals surface area contributed by atoms with Crippen molar-refractivity contribution in [3.05, 3.63) is 0 Å². The van der Waals surface area contributed by atoms with Crippen LogP contribution in [0.25, 0.3) is 0 Å². The number of likely N-dealkylation sites (N-methyl/N-ethyl adjacent to an activating group) is 1. The number of rotatable bonds is 4. The maximum Gasteiger partial charge on any atom is 0.303 e. The molecule has 1 aliphatic heterocycles. The van der Waals surface area contributed by atoms with Crippen molar-refractivity contribution in [1.82, 2.24) is 9.80 Å². The van der Waals surface area contributed by atoms with E-state index in [-0.39, 0.29) is 18.4 Å². The highest BCUT2D eigenvalue weighted by molar-refractivity contribution is 5.86. The predicted octanol–water partition coefficient (Wildman–Crippen LogP) is 0.792. The van der Waals surface area contributed by atoms with Crippen LogP contribution in [-0.2, 0) is 9.59 Å². The highest BCUT2D eigenvalue weighted by Gasteiger charge is 2.42. The Kier molecular flexibility index (Phi) is 4.14. The minimum Gasteiger partial charge on any atom is -0.481 e. The van der Waals surface area contributed by atoms with Gasteiger partial charge in [0, 0.05) is 32.6 Å². The summed E-state index contributed by atoms with van der Waals surface area (Å²) in [5.74, 6) is -0.680. The summed E-state index contributed by atoms with van der Waals surface area (Å²) in [4.78, 5) is 26.5. The van der Waals surface area contributed by atoms with E-state index in [2.05, 4.69) is 4.90 Å². The number of carboxylic acid groups (broad SMARTS) is 1. The van der Waals surface area contributed by atoms with Gasteiger partial charge >= 0.3 is 5.97 Å². The van der Waals surface area contributed by atoms with Crippen LogP contribution in [0, 0.1) is 0 Å². The van der Waals surface area contributed by atoms with E-state index in [0.29, 0.717) is 13.0 Å². The summed E-state index contributed by atoms with van der Waals surface area (Å²) in [7, 11) is 1.81. The van der Waals surface area contributed by atoms with Gasteiger partial charge in [0.1, 0.15) is 0 Å². The van der Waals surface area contributed by atoms with Crippen LogP contribution in [0.5, 0.6) is 0 Å². The molecule has 1 fully saturated rings. The number of hydrogen-bond donors (Lipinski definition) is 1. The quantitative estimate of drug-likeness (QED) is 0.792. The summed E-state index contributed by atoms with van der Waals surface area (Å²) < 4.78 is 0. The Balaban J connectivity index is 2.69. The maximum absolute atomic E-state index is 12.1. The zero-order chi connectivity index (χ0) is 13.2. The molecule has 0 radical (unpaired) electrons. The zero-order valence-electron chi connectivity index (χ0n) is 11.1. The molecular weight excluding hydrogens is 220 g/mol. The van der Waals surface area contributed by atoms with Gasteiger partial charge in [-0.15, -0.1) is 0 Å². The number of aliphatic carboxylic acids is 1. The molecule has 0 aromatic rings. The first-order chi connectivity index (χ1) is 7.76. The lowest BCUT2D eigenvalue weighted by atomic mass is 9.94. The molecule has 0 aromatic carbocycles. The summed E-state index contributed by atoms with van der Waals surface area (Å²) in [6, 6.07) is 0.110. The van der Waals surface area contributed by atoms with Crippen LogP contribution >= 0.6 is 0 Å². The van der Waals surface area contributed by atoms with Gasteiger partial charge in [-0.1, -0.05) is 0 Å². The van der Waals surface area contributed by atoms with Crippen molar-refractivity contribution >= 4 is 11.9 Å². The fourth-order valence-corrected chi connectivity index (χ4v) is 2.49. The van der Waals surface area contributed by atoms with Gasteiger partial charge in [0.25, 0.3) is 0 Å². The highest BCUT2D eigenvalue weighted by Crippen LogP contribution is 2.25. The summed E-state index contributed by atoms with van der Waals surface area (Å²) >= 11 is 0. The second-order valence-electron chi connectivity index (χ2n) is 5.26. The molecule has 98 valence electrons. The van der Waals surface area contributed by atoms with Gasteiger partial charge in [0.15, 0.2) is 0 Å². The third-order valence-corrected chi connectivity index (χ3v) is 3.57. The SMILES string of the molecule is CC(CCC(=O)O)N1CCN(C)C(=O)C1(C)C. The van der Waals surface area contributed by atoms with Crippen molar-refractivity contribution < 1.29 is 14.7 Å². The number of carbonyl (C=O) groups excluding carboxylic acids is 1. The molecule has 1 unspecified atom stereocenters. The smallest absolute Gasteiger partial charge is 0.303 e. The molecule has 1 heterocycles. The highest BCUT2D eigenvalue weighted by atomic mass is 16.4. The van der Waals surface area contributed by atoms with Crippen molar-refractivity contribution in [2.24, 2.45) is 0 Å². The van der Waals surface area contributed by atoms with Gasteiger partial charge in [-0.2, -0.15) is 0 Å². The molecule has 17 heavy (non-hydrogen) atoms. The van der Waals surface area contributed by atoms with E-state index in [0.717, 1.165) is 6.54 Å². The first-order valence-corrected chi connectivity index (χ1v) is 6.01. The van der Waals surface area contributed by atoms with Gasteiger partial charge < -0.3 is 10.0 Å². The number of carbonyl (C=O) groups is 2. The van der Waals surface area contributed by atoms with Gasteiger partial charge in [-0.25, -0.2) is 0 Å². The monoisotopic (exact) mass is 242 g/mol. The molecule has 0 spiro atoms. The topological polar surface area (TPSA) is 60.9 Å². The third kappa shape index (κ3) is 2.97. The second kappa shape index (κ2) is 5.04. The Morgan fingerprint density at radius 3 is 2.59 bits per heavy atom. The molecule has 0 bridgehead atoms. The van der Waals surface area contributed by atoms with Crippen molar-refractivity contribution in [1.29, 1.82) is 0 Å². The predicted molar refractivity (Wildman–Crippen MR) is 64.8 cm³/mol. The first-order valence-electron chi connectivity index (χ1n) is 6.01. The molecule has 5 heteroatoms. The van der Waals surface area contributed by atoms with E-state index in [9.17, 15) is 9.59 Å². The molecule has 1 atom stereocenters. The maximum atomic E-state index is 12.1. The fraction of sp³-hybridized carbons (Fsp3) is 0.833. The molecule has 0 aliphatic carbocycles. The molecule has 5 nitrogen and oxygen atoms in total. The van der Waals surface area contributed by atoms with Gasteiger partial charge in [-0.05, 0) is 27.2 Å². The average Bonchev–Trinajstić information content (AvgIpc) is 2.23. The van der Waals surface area contributed by atoms with Crippen LogP contribution < -0.4 is 0 Å². The van der Waals surface area contributed by atoms with Crippen LogP contribution in [0.2, 0.25) is 0 Å². The largest absolute Gasteiger partial charge is 0.481 e. The minimum absolute atomic E-state index is 0.103. The van der Waals surface area contributed by atoms with E-state index in [1.165, 1.54) is 0 Å². The third-order valence-electron chi connectivity index (χ3n) is 3.57. The summed E-state index contributed by atoms with van der Waals surface area (Å²) in [5, 5.41) is 8.69. The Morgan fingerprint density at radius 2 is 2.06 bits per heavy atom. The van der Waals surface area contributed by atoms with E-state index < -0.39 is 11.5 Å². The number of nitrogens with zero attached hydrogens (tertiary/aromatic N) is 2. The molecule has 1 rings (SSSR count). The van der Waals surface area contributed by atoms with Crippen LogP contribution in [-0.4, -0.2) is 58.5 Å². The van der Waals surface area contributed by atoms with E-state index >= 15 is 0 Å². The van der Waals surface area contributed by atoms with E-state index in [4.69, 9.17) is 5.11 Å². The molecule has 1 amide bonds. The van der Waals surface area contributed by atoms with E-state index in [1.807, 2.05) is 27.8 Å². The van der Waals surface area contributed by atoms with Crippen LogP contribution in [0.3, 0.4) is 0 Å². The normalized spacial score (nSPS) is 22.6. The van der Waals surface area contributed by atoms with E-state index in [1.54, 1.807) is 4.90 Å². The number of amides is 1. The summed E-state index contributed by atoms with van der Waals surface area (Å²) in [6.07, 6.45) is 0.730. The number of hydrogen-bond acceptors (Lipinski definition) is 3. The van der Waals surface area contributed by atoms with Gasteiger partial charge in [-0.3, -0.25) is 14.5 Å². The lowest BCUT2D eigenvalue weighted by Gasteiger charge is -2.47. The number of carboxylic acids is 1. The van der Waals surface area contributed by atoms with Gasteiger partial charge in [0.2, 0.25) is 5.91 Å². The summed E-state index contributed by atoms with van der Waals surface area (Å²) in [5.41, 5.74) is -0.537. The Bertz CT molecular complexity index is 315. The van der Waals surface area contributed by atoms with Crippen LogP contribution in [0.4, 0.5) is 0 Å². The van der Waals surface area contributed by atoms with Gasteiger partial charge in [0.05, 0.1) is 5.54 Å². The standard InChI is InChI=1S/C12H22N2O3/c1-9(5-6-10(15)16)14-8-7-13(4)11(17)12(14,2)3/h9H,5-8H2,1-4H3,(H,15,16). The lowest BCUT2D eigenvalue weighted by molar-refractivity contribution is -0.149. The molecule has 0 aromatic heterocycles. The second-order valence-corrected chi connectivity index (χ2v) is 5.26. The first kappa shape index (κ1) is 14.0. The molecule has 1 saturated heterocycles. The fourth-order valence-electron chi connectivity index (χ4n) is 2.49. The molecule has 0 saturated carbocycles. The van der Waals surface area contributed by atoms with Crippen molar-refractivity contribution in [2.75, 3.05) is 20.1 Å². The molecular formula is C12H22N2O3. The average molecular weight is 242 g/mol.